The van der Waals surface area contributed by atoms with Gasteiger partial charge in [0.15, 0.2) is 0 Å². The standard InChI is InChI=1S/C11H12O4/c1-2-10(12)15-9-5-6-3-7(9)4-8(6)11(13)14/h2,5-8H,1,3-4H2,(H,13,14). The van der Waals surface area contributed by atoms with Crippen molar-refractivity contribution in [3.63, 3.8) is 0 Å². The Balaban J connectivity index is 2.06. The molecule has 80 valence electrons. The Hall–Kier alpha value is -1.58. The van der Waals surface area contributed by atoms with Crippen molar-refractivity contribution in [2.45, 2.75) is 12.8 Å². The predicted molar refractivity (Wildman–Crippen MR) is 51.7 cm³/mol. The Morgan fingerprint density at radius 2 is 2.27 bits per heavy atom. The molecule has 0 aromatic carbocycles. The molecule has 0 heterocycles. The largest absolute Gasteiger partial charge is 0.481 e. The smallest absolute Gasteiger partial charge is 0.335 e. The summed E-state index contributed by atoms with van der Waals surface area (Å²) in [6, 6.07) is 0. The van der Waals surface area contributed by atoms with Crippen molar-refractivity contribution in [3.05, 3.63) is 24.5 Å². The fourth-order valence-electron chi connectivity index (χ4n) is 2.39. The van der Waals surface area contributed by atoms with E-state index in [1.807, 2.05) is 0 Å². The average Bonchev–Trinajstić information content (AvgIpc) is 2.76. The number of rotatable bonds is 3. The van der Waals surface area contributed by atoms with E-state index >= 15 is 0 Å². The molecule has 3 unspecified atom stereocenters. The third-order valence-electron chi connectivity index (χ3n) is 3.09. The monoisotopic (exact) mass is 208 g/mol. The van der Waals surface area contributed by atoms with Gasteiger partial charge < -0.3 is 9.84 Å². The van der Waals surface area contributed by atoms with Crippen molar-refractivity contribution in [2.24, 2.45) is 17.8 Å². The third kappa shape index (κ3) is 1.67. The summed E-state index contributed by atoms with van der Waals surface area (Å²) in [7, 11) is 0. The van der Waals surface area contributed by atoms with Crippen LogP contribution < -0.4 is 0 Å². The molecule has 0 aromatic rings. The number of ether oxygens (including phenoxy) is 1. The SMILES string of the molecule is C=CC(=O)OC1=CC2CC1CC2C(=O)O. The van der Waals surface area contributed by atoms with E-state index in [1.54, 1.807) is 6.08 Å². The van der Waals surface area contributed by atoms with Crippen LogP contribution in [0.25, 0.3) is 0 Å². The van der Waals surface area contributed by atoms with Crippen LogP contribution in [0.3, 0.4) is 0 Å². The summed E-state index contributed by atoms with van der Waals surface area (Å²) in [6.07, 6.45) is 4.25. The minimum absolute atomic E-state index is 0.0279. The lowest BCUT2D eigenvalue weighted by molar-refractivity contribution is -0.142. The maximum atomic E-state index is 11.0. The summed E-state index contributed by atoms with van der Waals surface area (Å²) >= 11 is 0. The fourth-order valence-corrected chi connectivity index (χ4v) is 2.39. The van der Waals surface area contributed by atoms with Crippen LogP contribution in [0, 0.1) is 17.8 Å². The summed E-state index contributed by atoms with van der Waals surface area (Å²) < 4.78 is 5.03. The van der Waals surface area contributed by atoms with Gasteiger partial charge in [0.25, 0.3) is 0 Å². The summed E-state index contributed by atoms with van der Waals surface area (Å²) in [4.78, 5) is 21.8. The molecule has 1 N–H and O–H groups in total. The molecule has 2 aliphatic rings. The lowest BCUT2D eigenvalue weighted by Gasteiger charge is -2.16. The van der Waals surface area contributed by atoms with Gasteiger partial charge in [-0.15, -0.1) is 0 Å². The van der Waals surface area contributed by atoms with E-state index in [0.29, 0.717) is 12.2 Å². The Kier molecular flexibility index (Phi) is 2.34. The maximum absolute atomic E-state index is 11.0. The first kappa shape index (κ1) is 9.96. The van der Waals surface area contributed by atoms with E-state index in [2.05, 4.69) is 6.58 Å². The third-order valence-corrected chi connectivity index (χ3v) is 3.09. The topological polar surface area (TPSA) is 63.6 Å². The van der Waals surface area contributed by atoms with E-state index in [9.17, 15) is 9.59 Å². The second-order valence-electron chi connectivity index (χ2n) is 3.97. The van der Waals surface area contributed by atoms with Crippen LogP contribution in [0.2, 0.25) is 0 Å². The highest BCUT2D eigenvalue weighted by molar-refractivity contribution is 5.82. The number of hydrogen-bond donors (Lipinski definition) is 1. The predicted octanol–water partition coefficient (Wildman–Crippen LogP) is 1.34. The Morgan fingerprint density at radius 1 is 1.53 bits per heavy atom. The second kappa shape index (κ2) is 3.53. The van der Waals surface area contributed by atoms with Gasteiger partial charge in [-0.05, 0) is 24.8 Å². The highest BCUT2D eigenvalue weighted by Crippen LogP contribution is 2.47. The minimum Gasteiger partial charge on any atom is -0.481 e. The van der Waals surface area contributed by atoms with Crippen molar-refractivity contribution in [1.29, 1.82) is 0 Å². The molecule has 1 fully saturated rings. The van der Waals surface area contributed by atoms with Crippen LogP contribution in [-0.2, 0) is 14.3 Å². The zero-order valence-electron chi connectivity index (χ0n) is 8.18. The number of fused-ring (bicyclic) bond motifs is 2. The first-order valence-electron chi connectivity index (χ1n) is 4.90. The summed E-state index contributed by atoms with van der Waals surface area (Å²) in [6.45, 7) is 3.31. The van der Waals surface area contributed by atoms with Crippen LogP contribution in [0.1, 0.15) is 12.8 Å². The normalized spacial score (nSPS) is 32.3. The number of allylic oxidation sites excluding steroid dienone is 2. The van der Waals surface area contributed by atoms with Gasteiger partial charge >= 0.3 is 11.9 Å². The molecule has 3 atom stereocenters. The van der Waals surface area contributed by atoms with Crippen LogP contribution in [0.5, 0.6) is 0 Å². The number of carbonyl (C=O) groups is 2. The molecule has 1 saturated carbocycles. The van der Waals surface area contributed by atoms with Crippen LogP contribution in [-0.4, -0.2) is 17.0 Å². The number of carboxylic acids is 1. The highest BCUT2D eigenvalue weighted by atomic mass is 16.5. The molecule has 2 rings (SSSR count). The van der Waals surface area contributed by atoms with E-state index in [0.717, 1.165) is 12.5 Å². The Morgan fingerprint density at radius 3 is 2.73 bits per heavy atom. The molecule has 2 aliphatic carbocycles. The first-order valence-corrected chi connectivity index (χ1v) is 4.90. The van der Waals surface area contributed by atoms with Gasteiger partial charge in [-0.25, -0.2) is 4.79 Å². The van der Waals surface area contributed by atoms with Gasteiger partial charge in [0.1, 0.15) is 5.76 Å². The molecular formula is C11H12O4. The maximum Gasteiger partial charge on any atom is 0.335 e. The van der Waals surface area contributed by atoms with Crippen molar-refractivity contribution < 1.29 is 19.4 Å². The lowest BCUT2D eigenvalue weighted by Crippen LogP contribution is -2.20. The van der Waals surface area contributed by atoms with E-state index in [1.165, 1.54) is 0 Å². The molecule has 0 saturated heterocycles. The Labute approximate surface area is 87.2 Å². The quantitative estimate of drug-likeness (QED) is 0.561. The van der Waals surface area contributed by atoms with Crippen molar-refractivity contribution >= 4 is 11.9 Å². The van der Waals surface area contributed by atoms with E-state index in [-0.39, 0.29) is 17.8 Å². The van der Waals surface area contributed by atoms with Crippen molar-refractivity contribution in [3.8, 4) is 0 Å². The van der Waals surface area contributed by atoms with Gasteiger partial charge in [-0.2, -0.15) is 0 Å². The number of esters is 1. The van der Waals surface area contributed by atoms with Gasteiger partial charge in [-0.3, -0.25) is 4.79 Å². The molecule has 2 bridgehead atoms. The van der Waals surface area contributed by atoms with Crippen LogP contribution >= 0.6 is 0 Å². The van der Waals surface area contributed by atoms with Crippen molar-refractivity contribution in [1.82, 2.24) is 0 Å². The van der Waals surface area contributed by atoms with Gasteiger partial charge in [0.2, 0.25) is 0 Å². The fraction of sp³-hybridized carbons (Fsp3) is 0.455. The Bertz CT molecular complexity index is 356. The zero-order valence-corrected chi connectivity index (χ0v) is 8.18. The molecule has 0 radical (unpaired) electrons. The molecule has 4 nitrogen and oxygen atoms in total. The second-order valence-corrected chi connectivity index (χ2v) is 3.97. The van der Waals surface area contributed by atoms with Gasteiger partial charge in [0.05, 0.1) is 5.92 Å². The van der Waals surface area contributed by atoms with Gasteiger partial charge in [-0.1, -0.05) is 6.58 Å². The molecular weight excluding hydrogens is 196 g/mol. The number of carboxylic acid groups (broad SMARTS) is 1. The van der Waals surface area contributed by atoms with Crippen molar-refractivity contribution in [2.75, 3.05) is 0 Å². The number of hydrogen-bond acceptors (Lipinski definition) is 3. The molecule has 0 aromatic heterocycles. The van der Waals surface area contributed by atoms with Crippen LogP contribution in [0.4, 0.5) is 0 Å². The van der Waals surface area contributed by atoms with E-state index < -0.39 is 11.9 Å². The summed E-state index contributed by atoms with van der Waals surface area (Å²) in [5.41, 5.74) is 0. The molecule has 0 aliphatic heterocycles. The molecule has 15 heavy (non-hydrogen) atoms. The molecule has 0 spiro atoms. The van der Waals surface area contributed by atoms with Crippen LogP contribution in [0.15, 0.2) is 24.5 Å². The van der Waals surface area contributed by atoms with Gasteiger partial charge in [0, 0.05) is 12.0 Å². The number of aliphatic carboxylic acids is 1. The first-order chi connectivity index (χ1) is 7.11. The zero-order chi connectivity index (χ0) is 11.0. The molecule has 0 amide bonds. The highest BCUT2D eigenvalue weighted by Gasteiger charge is 2.45. The van der Waals surface area contributed by atoms with E-state index in [4.69, 9.17) is 9.84 Å². The summed E-state index contributed by atoms with van der Waals surface area (Å²) in [5, 5.41) is 8.90. The summed E-state index contributed by atoms with van der Waals surface area (Å²) in [5.74, 6) is -0.780. The number of carbonyl (C=O) groups excluding carboxylic acids is 1. The lowest BCUT2D eigenvalue weighted by atomic mass is 9.93. The molecule has 4 heteroatoms. The minimum atomic E-state index is -0.757. The average molecular weight is 208 g/mol.